The summed E-state index contributed by atoms with van der Waals surface area (Å²) >= 11 is 0. The first kappa shape index (κ1) is 23.9. The molecular formula is C26H25FN4O4. The Morgan fingerprint density at radius 2 is 1.63 bits per heavy atom. The minimum absolute atomic E-state index is 0.0769. The summed E-state index contributed by atoms with van der Waals surface area (Å²) in [6.07, 6.45) is -2.03. The zero-order valence-corrected chi connectivity index (χ0v) is 18.9. The second kappa shape index (κ2) is 10.8. The van der Waals surface area contributed by atoms with E-state index in [-0.39, 0.29) is 25.2 Å². The van der Waals surface area contributed by atoms with E-state index in [1.807, 2.05) is 24.3 Å². The van der Waals surface area contributed by atoms with Gasteiger partial charge in [-0.1, -0.05) is 48.5 Å². The maximum Gasteiger partial charge on any atom is 0.417 e. The molecule has 0 aromatic heterocycles. The summed E-state index contributed by atoms with van der Waals surface area (Å²) in [5.41, 5.74) is 7.50. The smallest absolute Gasteiger partial charge is 0.410 e. The van der Waals surface area contributed by atoms with Crippen LogP contribution in [0.15, 0.2) is 78.9 Å². The molecule has 0 bridgehead atoms. The number of carbonyl (C=O) groups is 3. The fourth-order valence-corrected chi connectivity index (χ4v) is 3.90. The predicted octanol–water partition coefficient (Wildman–Crippen LogP) is 2.88. The Morgan fingerprint density at radius 1 is 0.914 bits per heavy atom. The number of nitrogens with one attached hydrogen (secondary N) is 1. The standard InChI is InChI=1S/C26H25FN4O4/c27-21-9-5-8-20(15-21)25(33)30-12-13-31(26(34)35-22-10-2-1-3-11-22)24(30)23(32)29-17-19-7-4-6-18(14-19)16-28/h1-11,14-15,24H,12-13,16-17,28H2,(H,29,32). The van der Waals surface area contributed by atoms with Crippen LogP contribution in [0.4, 0.5) is 9.18 Å². The van der Waals surface area contributed by atoms with Crippen molar-refractivity contribution >= 4 is 17.9 Å². The number of nitrogens with zero attached hydrogens (tertiary/aromatic N) is 2. The van der Waals surface area contributed by atoms with E-state index in [2.05, 4.69) is 5.32 Å². The van der Waals surface area contributed by atoms with Crippen molar-refractivity contribution in [1.82, 2.24) is 15.1 Å². The van der Waals surface area contributed by atoms with E-state index in [9.17, 15) is 18.8 Å². The third-order valence-electron chi connectivity index (χ3n) is 5.62. The second-order valence-corrected chi connectivity index (χ2v) is 8.00. The van der Waals surface area contributed by atoms with Gasteiger partial charge in [-0.25, -0.2) is 9.18 Å². The van der Waals surface area contributed by atoms with Crippen molar-refractivity contribution in [3.8, 4) is 5.75 Å². The van der Waals surface area contributed by atoms with Gasteiger partial charge in [-0.05, 0) is 41.5 Å². The molecule has 0 saturated carbocycles. The minimum atomic E-state index is -1.26. The molecule has 3 aromatic rings. The van der Waals surface area contributed by atoms with Crippen LogP contribution in [0.3, 0.4) is 0 Å². The highest BCUT2D eigenvalue weighted by Crippen LogP contribution is 2.21. The molecule has 0 aliphatic carbocycles. The van der Waals surface area contributed by atoms with Gasteiger partial charge in [0.05, 0.1) is 0 Å². The zero-order valence-electron chi connectivity index (χ0n) is 18.9. The Morgan fingerprint density at radius 3 is 2.37 bits per heavy atom. The highest BCUT2D eigenvalue weighted by Gasteiger charge is 2.43. The van der Waals surface area contributed by atoms with Crippen molar-refractivity contribution in [3.05, 3.63) is 101 Å². The molecule has 1 saturated heterocycles. The lowest BCUT2D eigenvalue weighted by molar-refractivity contribution is -0.128. The average Bonchev–Trinajstić information content (AvgIpc) is 3.33. The van der Waals surface area contributed by atoms with Gasteiger partial charge in [-0.15, -0.1) is 0 Å². The molecule has 0 radical (unpaired) electrons. The van der Waals surface area contributed by atoms with Crippen LogP contribution in [0.1, 0.15) is 21.5 Å². The number of para-hydroxylation sites is 1. The van der Waals surface area contributed by atoms with E-state index < -0.39 is 29.9 Å². The summed E-state index contributed by atoms with van der Waals surface area (Å²) in [4.78, 5) is 41.9. The summed E-state index contributed by atoms with van der Waals surface area (Å²) < 4.78 is 19.2. The summed E-state index contributed by atoms with van der Waals surface area (Å²) in [6, 6.07) is 21.1. The topological polar surface area (TPSA) is 105 Å². The van der Waals surface area contributed by atoms with Crippen LogP contribution >= 0.6 is 0 Å². The Balaban J connectivity index is 1.56. The number of halogens is 1. The number of carbonyl (C=O) groups excluding carboxylic acids is 3. The molecule has 3 amide bonds. The highest BCUT2D eigenvalue weighted by atomic mass is 19.1. The lowest BCUT2D eigenvalue weighted by Crippen LogP contribution is -2.54. The molecule has 1 aliphatic heterocycles. The predicted molar refractivity (Wildman–Crippen MR) is 127 cm³/mol. The van der Waals surface area contributed by atoms with Crippen molar-refractivity contribution < 1.29 is 23.5 Å². The molecule has 9 heteroatoms. The minimum Gasteiger partial charge on any atom is -0.410 e. The molecule has 1 atom stereocenters. The Hall–Kier alpha value is -4.24. The molecule has 4 rings (SSSR count). The van der Waals surface area contributed by atoms with E-state index in [0.717, 1.165) is 17.2 Å². The maximum atomic E-state index is 13.7. The molecule has 1 fully saturated rings. The summed E-state index contributed by atoms with van der Waals surface area (Å²) in [6.45, 7) is 0.694. The van der Waals surface area contributed by atoms with Gasteiger partial charge in [-0.3, -0.25) is 14.5 Å². The third kappa shape index (κ3) is 5.64. The second-order valence-electron chi connectivity index (χ2n) is 8.00. The van der Waals surface area contributed by atoms with Gasteiger partial charge in [0.2, 0.25) is 0 Å². The largest absolute Gasteiger partial charge is 0.417 e. The molecule has 1 heterocycles. The van der Waals surface area contributed by atoms with Crippen LogP contribution in [0, 0.1) is 5.82 Å². The molecule has 3 N–H and O–H groups in total. The number of amides is 3. The van der Waals surface area contributed by atoms with E-state index in [1.165, 1.54) is 28.0 Å². The summed E-state index contributed by atoms with van der Waals surface area (Å²) in [5, 5.41) is 2.79. The maximum absolute atomic E-state index is 13.7. The van der Waals surface area contributed by atoms with E-state index in [4.69, 9.17) is 10.5 Å². The summed E-state index contributed by atoms with van der Waals surface area (Å²) in [7, 11) is 0. The van der Waals surface area contributed by atoms with Crippen LogP contribution in [0.2, 0.25) is 0 Å². The zero-order chi connectivity index (χ0) is 24.8. The van der Waals surface area contributed by atoms with Crippen LogP contribution in [-0.4, -0.2) is 47.0 Å². The fraction of sp³-hybridized carbons (Fsp3) is 0.192. The molecule has 1 aliphatic rings. The van der Waals surface area contributed by atoms with Gasteiger partial charge in [0.15, 0.2) is 6.17 Å². The number of hydrogen-bond donors (Lipinski definition) is 2. The van der Waals surface area contributed by atoms with Crippen LogP contribution in [0.5, 0.6) is 5.75 Å². The van der Waals surface area contributed by atoms with Gasteiger partial charge >= 0.3 is 6.09 Å². The van der Waals surface area contributed by atoms with Crippen molar-refractivity contribution in [3.63, 3.8) is 0 Å². The average molecular weight is 477 g/mol. The quantitative estimate of drug-likeness (QED) is 0.569. The Bertz CT molecular complexity index is 1220. The molecule has 8 nitrogen and oxygen atoms in total. The number of nitrogens with two attached hydrogens (primary N) is 1. The fourth-order valence-electron chi connectivity index (χ4n) is 3.90. The Kier molecular flexibility index (Phi) is 7.37. The molecule has 0 spiro atoms. The van der Waals surface area contributed by atoms with Crippen molar-refractivity contribution in [1.29, 1.82) is 0 Å². The highest BCUT2D eigenvalue weighted by molar-refractivity contribution is 5.99. The first-order valence-corrected chi connectivity index (χ1v) is 11.1. The molecule has 180 valence electrons. The lowest BCUT2D eigenvalue weighted by atomic mass is 10.1. The van der Waals surface area contributed by atoms with E-state index in [0.29, 0.717) is 12.3 Å². The van der Waals surface area contributed by atoms with Crippen molar-refractivity contribution in [2.45, 2.75) is 19.3 Å². The van der Waals surface area contributed by atoms with Crippen LogP contribution in [-0.2, 0) is 17.9 Å². The number of hydrogen-bond acceptors (Lipinski definition) is 5. The Labute approximate surface area is 202 Å². The van der Waals surface area contributed by atoms with Gasteiger partial charge < -0.3 is 20.7 Å². The molecule has 35 heavy (non-hydrogen) atoms. The molecule has 3 aromatic carbocycles. The SMILES string of the molecule is NCc1cccc(CNC(=O)C2N(C(=O)Oc3ccccc3)CCN2C(=O)c2cccc(F)c2)c1. The number of rotatable bonds is 6. The van der Waals surface area contributed by atoms with Gasteiger partial charge in [-0.2, -0.15) is 0 Å². The van der Waals surface area contributed by atoms with E-state index in [1.54, 1.807) is 30.3 Å². The first-order chi connectivity index (χ1) is 17.0. The van der Waals surface area contributed by atoms with Crippen molar-refractivity contribution in [2.75, 3.05) is 13.1 Å². The van der Waals surface area contributed by atoms with Gasteiger partial charge in [0.1, 0.15) is 11.6 Å². The van der Waals surface area contributed by atoms with Gasteiger partial charge in [0.25, 0.3) is 11.8 Å². The first-order valence-electron chi connectivity index (χ1n) is 11.1. The van der Waals surface area contributed by atoms with E-state index >= 15 is 0 Å². The van der Waals surface area contributed by atoms with Crippen molar-refractivity contribution in [2.24, 2.45) is 5.73 Å². The molecule has 1 unspecified atom stereocenters. The number of ether oxygens (including phenoxy) is 1. The number of benzene rings is 3. The van der Waals surface area contributed by atoms with Crippen LogP contribution < -0.4 is 15.8 Å². The normalized spacial score (nSPS) is 15.1. The van der Waals surface area contributed by atoms with Gasteiger partial charge in [0, 0.05) is 31.7 Å². The van der Waals surface area contributed by atoms with Crippen LogP contribution in [0.25, 0.3) is 0 Å². The third-order valence-corrected chi connectivity index (χ3v) is 5.62. The molecular weight excluding hydrogens is 451 g/mol. The monoisotopic (exact) mass is 476 g/mol. The summed E-state index contributed by atoms with van der Waals surface area (Å²) in [5.74, 6) is -1.39. The lowest BCUT2D eigenvalue weighted by Gasteiger charge is -2.28.